The van der Waals surface area contributed by atoms with E-state index in [1.165, 1.54) is 19.3 Å². The van der Waals surface area contributed by atoms with Gasteiger partial charge in [0.15, 0.2) is 0 Å². The van der Waals surface area contributed by atoms with Gasteiger partial charge in [-0.15, -0.1) is 0 Å². The molecule has 3 saturated heterocycles. The third kappa shape index (κ3) is 4.06. The molecule has 5 nitrogen and oxygen atoms in total. The molecule has 0 aliphatic carbocycles. The number of amides is 2. The molecule has 0 aromatic rings. The molecule has 0 unspecified atom stereocenters. The molecule has 3 rings (SSSR count). The van der Waals surface area contributed by atoms with Crippen molar-refractivity contribution in [2.45, 2.75) is 51.9 Å². The normalized spacial score (nSPS) is 29.3. The molecule has 2 amide bonds. The van der Waals surface area contributed by atoms with Crippen molar-refractivity contribution in [2.24, 2.45) is 5.41 Å². The Hall–Kier alpha value is -1.10. The van der Waals surface area contributed by atoms with E-state index in [2.05, 4.69) is 9.80 Å². The zero-order valence-corrected chi connectivity index (χ0v) is 14.6. The molecule has 3 aliphatic rings. The fourth-order valence-corrected chi connectivity index (χ4v) is 4.55. The monoisotopic (exact) mass is 321 g/mol. The maximum atomic E-state index is 12.6. The van der Waals surface area contributed by atoms with E-state index in [0.717, 1.165) is 65.1 Å². The Bertz CT molecular complexity index is 448. The fraction of sp³-hybridized carbons (Fsp3) is 0.889. The van der Waals surface area contributed by atoms with Crippen LogP contribution in [0.1, 0.15) is 51.9 Å². The van der Waals surface area contributed by atoms with Crippen LogP contribution in [0.4, 0.5) is 0 Å². The molecule has 0 bridgehead atoms. The molecule has 3 aliphatic heterocycles. The molecule has 0 N–H and O–H groups in total. The summed E-state index contributed by atoms with van der Waals surface area (Å²) < 4.78 is 0. The van der Waals surface area contributed by atoms with Crippen molar-refractivity contribution >= 4 is 11.8 Å². The second-order valence-corrected chi connectivity index (χ2v) is 7.76. The lowest BCUT2D eigenvalue weighted by Gasteiger charge is -2.40. The number of carbonyl (C=O) groups is 2. The highest BCUT2D eigenvalue weighted by Gasteiger charge is 2.43. The van der Waals surface area contributed by atoms with Crippen molar-refractivity contribution in [1.29, 1.82) is 0 Å². The Morgan fingerprint density at radius 1 is 0.870 bits per heavy atom. The van der Waals surface area contributed by atoms with E-state index in [0.29, 0.717) is 12.3 Å². The molecular formula is C18H31N3O2. The predicted molar refractivity (Wildman–Crippen MR) is 90.0 cm³/mol. The van der Waals surface area contributed by atoms with E-state index in [-0.39, 0.29) is 11.3 Å². The summed E-state index contributed by atoms with van der Waals surface area (Å²) in [5, 5.41) is 0. The second kappa shape index (κ2) is 7.20. The molecule has 0 radical (unpaired) electrons. The third-order valence-corrected chi connectivity index (χ3v) is 5.99. The number of hydrogen-bond acceptors (Lipinski definition) is 3. The van der Waals surface area contributed by atoms with Crippen LogP contribution in [-0.4, -0.2) is 72.3 Å². The molecule has 130 valence electrons. The number of likely N-dealkylation sites (tertiary alicyclic amines) is 3. The van der Waals surface area contributed by atoms with Crippen LogP contribution in [0, 0.1) is 5.41 Å². The van der Waals surface area contributed by atoms with Crippen molar-refractivity contribution in [3.8, 4) is 0 Å². The first kappa shape index (κ1) is 16.7. The maximum absolute atomic E-state index is 12.6. The Labute approximate surface area is 140 Å². The summed E-state index contributed by atoms with van der Waals surface area (Å²) in [6.07, 6.45) is 7.86. The minimum atomic E-state index is 0.171. The van der Waals surface area contributed by atoms with E-state index in [4.69, 9.17) is 0 Å². The van der Waals surface area contributed by atoms with Gasteiger partial charge in [-0.05, 0) is 45.2 Å². The summed E-state index contributed by atoms with van der Waals surface area (Å²) in [6, 6.07) is 0. The average molecular weight is 321 g/mol. The number of piperidine rings is 2. The topological polar surface area (TPSA) is 43.9 Å². The Balaban J connectivity index is 1.50. The number of hydrogen-bond donors (Lipinski definition) is 0. The van der Waals surface area contributed by atoms with Gasteiger partial charge in [0.1, 0.15) is 0 Å². The van der Waals surface area contributed by atoms with Crippen molar-refractivity contribution in [2.75, 3.05) is 45.8 Å². The van der Waals surface area contributed by atoms with E-state index in [1.54, 1.807) is 6.92 Å². The van der Waals surface area contributed by atoms with Crippen LogP contribution < -0.4 is 0 Å². The SMILES string of the molecule is CC(=O)N1CC[C@@]2(CCCN(C(=O)CCN3CCCCC3)C2)C1. The molecular weight excluding hydrogens is 290 g/mol. The summed E-state index contributed by atoms with van der Waals surface area (Å²) in [7, 11) is 0. The zero-order chi connectivity index (χ0) is 16.3. The van der Waals surface area contributed by atoms with Crippen molar-refractivity contribution < 1.29 is 9.59 Å². The van der Waals surface area contributed by atoms with Crippen molar-refractivity contribution in [3.05, 3.63) is 0 Å². The first-order valence-electron chi connectivity index (χ1n) is 9.34. The minimum absolute atomic E-state index is 0.171. The average Bonchev–Trinajstić information content (AvgIpc) is 2.97. The molecule has 3 fully saturated rings. The third-order valence-electron chi connectivity index (χ3n) is 5.99. The Morgan fingerprint density at radius 2 is 1.61 bits per heavy atom. The molecule has 23 heavy (non-hydrogen) atoms. The molecule has 0 aromatic carbocycles. The summed E-state index contributed by atoms with van der Waals surface area (Å²) in [4.78, 5) is 30.7. The van der Waals surface area contributed by atoms with Crippen LogP contribution >= 0.6 is 0 Å². The van der Waals surface area contributed by atoms with Crippen LogP contribution in [0.2, 0.25) is 0 Å². The van der Waals surface area contributed by atoms with E-state index in [1.807, 2.05) is 4.90 Å². The Kier molecular flexibility index (Phi) is 5.24. The van der Waals surface area contributed by atoms with Gasteiger partial charge in [-0.2, -0.15) is 0 Å². The van der Waals surface area contributed by atoms with Gasteiger partial charge in [-0.1, -0.05) is 6.42 Å². The molecule has 1 atom stereocenters. The lowest BCUT2D eigenvalue weighted by atomic mass is 9.79. The summed E-state index contributed by atoms with van der Waals surface area (Å²) in [5.74, 6) is 0.492. The van der Waals surface area contributed by atoms with Crippen LogP contribution in [0.3, 0.4) is 0 Å². The number of rotatable bonds is 3. The summed E-state index contributed by atoms with van der Waals surface area (Å²) >= 11 is 0. The lowest BCUT2D eigenvalue weighted by Crippen LogP contribution is -2.48. The Morgan fingerprint density at radius 3 is 2.30 bits per heavy atom. The zero-order valence-electron chi connectivity index (χ0n) is 14.6. The van der Waals surface area contributed by atoms with E-state index >= 15 is 0 Å². The van der Waals surface area contributed by atoms with Crippen LogP contribution in [-0.2, 0) is 9.59 Å². The van der Waals surface area contributed by atoms with Gasteiger partial charge in [-0.25, -0.2) is 0 Å². The van der Waals surface area contributed by atoms with Crippen molar-refractivity contribution in [1.82, 2.24) is 14.7 Å². The molecule has 0 saturated carbocycles. The van der Waals surface area contributed by atoms with Gasteiger partial charge in [0.05, 0.1) is 0 Å². The van der Waals surface area contributed by atoms with Gasteiger partial charge in [0.25, 0.3) is 0 Å². The predicted octanol–water partition coefficient (Wildman–Crippen LogP) is 1.72. The minimum Gasteiger partial charge on any atom is -0.342 e. The largest absolute Gasteiger partial charge is 0.342 e. The van der Waals surface area contributed by atoms with Gasteiger partial charge in [0.2, 0.25) is 11.8 Å². The number of nitrogens with zero attached hydrogens (tertiary/aromatic N) is 3. The quantitative estimate of drug-likeness (QED) is 0.795. The fourth-order valence-electron chi connectivity index (χ4n) is 4.55. The summed E-state index contributed by atoms with van der Waals surface area (Å²) in [6.45, 7) is 8.36. The first-order chi connectivity index (χ1) is 11.1. The highest BCUT2D eigenvalue weighted by molar-refractivity contribution is 5.76. The molecule has 0 aromatic heterocycles. The van der Waals surface area contributed by atoms with Crippen LogP contribution in [0.5, 0.6) is 0 Å². The smallest absolute Gasteiger partial charge is 0.223 e. The van der Waals surface area contributed by atoms with Gasteiger partial charge in [0, 0.05) is 51.5 Å². The standard InChI is InChI=1S/C18H31N3O2/c1-16(22)20-13-8-18(14-20)7-5-11-21(15-18)17(23)6-12-19-9-3-2-4-10-19/h2-15H2,1H3/t18-/m0/s1. The first-order valence-corrected chi connectivity index (χ1v) is 9.34. The molecule has 1 spiro atoms. The number of carbonyl (C=O) groups excluding carboxylic acids is 2. The van der Waals surface area contributed by atoms with Gasteiger partial charge >= 0.3 is 0 Å². The van der Waals surface area contributed by atoms with E-state index in [9.17, 15) is 9.59 Å². The highest BCUT2D eigenvalue weighted by Crippen LogP contribution is 2.39. The maximum Gasteiger partial charge on any atom is 0.223 e. The lowest BCUT2D eigenvalue weighted by molar-refractivity contribution is -0.135. The molecule has 3 heterocycles. The highest BCUT2D eigenvalue weighted by atomic mass is 16.2. The molecule has 5 heteroatoms. The van der Waals surface area contributed by atoms with Gasteiger partial charge < -0.3 is 14.7 Å². The van der Waals surface area contributed by atoms with Gasteiger partial charge in [-0.3, -0.25) is 9.59 Å². The van der Waals surface area contributed by atoms with Crippen LogP contribution in [0.25, 0.3) is 0 Å². The van der Waals surface area contributed by atoms with Crippen molar-refractivity contribution in [3.63, 3.8) is 0 Å². The second-order valence-electron chi connectivity index (χ2n) is 7.76. The summed E-state index contributed by atoms with van der Waals surface area (Å²) in [5.41, 5.74) is 0.171. The van der Waals surface area contributed by atoms with E-state index < -0.39 is 0 Å². The van der Waals surface area contributed by atoms with Crippen LogP contribution in [0.15, 0.2) is 0 Å².